The number of benzene rings is 1. The van der Waals surface area contributed by atoms with E-state index in [1.54, 1.807) is 0 Å². The first-order valence-electron chi connectivity index (χ1n) is 11.5. The van der Waals surface area contributed by atoms with E-state index >= 15 is 0 Å². The summed E-state index contributed by atoms with van der Waals surface area (Å²) in [6, 6.07) is 9.54. The molecule has 0 saturated carbocycles. The van der Waals surface area contributed by atoms with Crippen LogP contribution in [0.15, 0.2) is 42.5 Å². The predicted molar refractivity (Wildman–Crippen MR) is 122 cm³/mol. The van der Waals surface area contributed by atoms with Crippen molar-refractivity contribution < 1.29 is 53.8 Å². The van der Waals surface area contributed by atoms with E-state index in [1.807, 2.05) is 37.3 Å². The Balaban J connectivity index is 1.83. The van der Waals surface area contributed by atoms with Crippen LogP contribution in [-0.2, 0) is 39.8 Å². The van der Waals surface area contributed by atoms with Crippen molar-refractivity contribution in [2.45, 2.75) is 75.1 Å². The quantitative estimate of drug-likeness (QED) is 0.254. The Bertz CT molecular complexity index is 1050. The predicted octanol–water partition coefficient (Wildman–Crippen LogP) is 1.76. The van der Waals surface area contributed by atoms with Gasteiger partial charge in [0, 0.05) is 25.7 Å². The highest BCUT2D eigenvalue weighted by atomic mass is 16.8. The SMILES string of the molecule is C=C(CCC12CCC(C(=O)O)(O1)C(O)(C(=O)O)C(C(=O)O)O2)C(OC(C)=O)C(C)Cc1ccccc1. The fourth-order valence-electron chi connectivity index (χ4n) is 5.08. The largest absolute Gasteiger partial charge is 0.479 e. The van der Waals surface area contributed by atoms with E-state index in [9.17, 15) is 39.6 Å². The van der Waals surface area contributed by atoms with Gasteiger partial charge in [-0.3, -0.25) is 4.79 Å². The van der Waals surface area contributed by atoms with E-state index in [4.69, 9.17) is 14.2 Å². The number of aliphatic carboxylic acids is 3. The zero-order chi connectivity index (χ0) is 26.9. The highest BCUT2D eigenvalue weighted by Gasteiger charge is 2.78. The van der Waals surface area contributed by atoms with E-state index < -0.39 is 59.5 Å². The van der Waals surface area contributed by atoms with Crippen LogP contribution in [0.5, 0.6) is 0 Å². The lowest BCUT2D eigenvalue weighted by Gasteiger charge is -2.48. The second-order valence-corrected chi connectivity index (χ2v) is 9.41. The number of ether oxygens (including phenoxy) is 3. The van der Waals surface area contributed by atoms with Crippen LogP contribution < -0.4 is 0 Å². The summed E-state index contributed by atoms with van der Waals surface area (Å²) in [5.74, 6) is -8.23. The van der Waals surface area contributed by atoms with Gasteiger partial charge in [-0.15, -0.1) is 0 Å². The van der Waals surface area contributed by atoms with Gasteiger partial charge in [0.05, 0.1) is 0 Å². The van der Waals surface area contributed by atoms with Gasteiger partial charge in [0.25, 0.3) is 0 Å². The molecule has 0 amide bonds. The van der Waals surface area contributed by atoms with Crippen LogP contribution in [-0.4, -0.2) is 73.5 Å². The second-order valence-electron chi connectivity index (χ2n) is 9.41. The molecule has 0 aliphatic carbocycles. The van der Waals surface area contributed by atoms with Crippen molar-refractivity contribution in [1.82, 2.24) is 0 Å². The zero-order valence-corrected chi connectivity index (χ0v) is 20.0. The number of carboxylic acid groups (broad SMARTS) is 3. The molecule has 1 aromatic rings. The van der Waals surface area contributed by atoms with E-state index in [2.05, 4.69) is 6.58 Å². The van der Waals surface area contributed by atoms with Crippen molar-refractivity contribution in [3.05, 3.63) is 48.0 Å². The molecule has 2 saturated heterocycles. The molecule has 2 aliphatic heterocycles. The Morgan fingerprint density at radius 1 is 1.11 bits per heavy atom. The van der Waals surface area contributed by atoms with Gasteiger partial charge in [-0.25, -0.2) is 14.4 Å². The van der Waals surface area contributed by atoms with Gasteiger partial charge in [-0.2, -0.15) is 0 Å². The molecule has 0 aromatic heterocycles. The Kier molecular flexibility index (Phi) is 7.58. The molecule has 2 bridgehead atoms. The fraction of sp³-hybridized carbons (Fsp3) is 0.520. The summed E-state index contributed by atoms with van der Waals surface area (Å²) >= 11 is 0. The molecule has 36 heavy (non-hydrogen) atoms. The summed E-state index contributed by atoms with van der Waals surface area (Å²) in [6.45, 7) is 7.19. The summed E-state index contributed by atoms with van der Waals surface area (Å²) in [6.07, 6.45) is -3.20. The van der Waals surface area contributed by atoms with Gasteiger partial charge in [0.2, 0.25) is 17.3 Å². The third kappa shape index (κ3) is 4.73. The molecule has 6 atom stereocenters. The minimum absolute atomic E-state index is 0.0879. The maximum Gasteiger partial charge on any atom is 0.342 e. The normalized spacial score (nSPS) is 30.7. The van der Waals surface area contributed by atoms with Crippen molar-refractivity contribution in [1.29, 1.82) is 0 Å². The van der Waals surface area contributed by atoms with E-state index in [1.165, 1.54) is 6.92 Å². The number of hydrogen-bond acceptors (Lipinski definition) is 8. The van der Waals surface area contributed by atoms with Gasteiger partial charge < -0.3 is 34.6 Å². The van der Waals surface area contributed by atoms with Crippen molar-refractivity contribution in [2.24, 2.45) is 5.92 Å². The molecular formula is C25H30O11. The fourth-order valence-corrected chi connectivity index (χ4v) is 5.08. The van der Waals surface area contributed by atoms with Crippen LogP contribution in [0.1, 0.15) is 45.1 Å². The number of carbonyl (C=O) groups excluding carboxylic acids is 1. The van der Waals surface area contributed by atoms with E-state index in [-0.39, 0.29) is 25.2 Å². The monoisotopic (exact) mass is 506 g/mol. The number of hydrogen-bond donors (Lipinski definition) is 4. The maximum absolute atomic E-state index is 12.1. The van der Waals surface area contributed by atoms with Crippen LogP contribution in [0.25, 0.3) is 0 Å². The van der Waals surface area contributed by atoms with Crippen molar-refractivity contribution >= 4 is 23.9 Å². The number of carbonyl (C=O) groups is 4. The molecule has 0 radical (unpaired) electrons. The number of rotatable bonds is 11. The molecule has 11 nitrogen and oxygen atoms in total. The molecular weight excluding hydrogens is 476 g/mol. The molecule has 11 heteroatoms. The first-order chi connectivity index (χ1) is 16.8. The Morgan fingerprint density at radius 2 is 1.75 bits per heavy atom. The smallest absolute Gasteiger partial charge is 0.342 e. The second kappa shape index (κ2) is 10.00. The first kappa shape index (κ1) is 27.3. The molecule has 2 heterocycles. The van der Waals surface area contributed by atoms with Gasteiger partial charge >= 0.3 is 23.9 Å². The lowest BCUT2D eigenvalue weighted by Crippen LogP contribution is -2.75. The summed E-state index contributed by atoms with van der Waals surface area (Å²) in [5.41, 5.74) is -4.59. The third-order valence-corrected chi connectivity index (χ3v) is 6.88. The van der Waals surface area contributed by atoms with E-state index in [0.29, 0.717) is 12.0 Å². The van der Waals surface area contributed by atoms with Crippen molar-refractivity contribution in [3.63, 3.8) is 0 Å². The standard InChI is InChI=1S/C25H30O11/c1-14(18(34-16(3)26)15(2)13-17-7-5-4-6-8-17)9-10-23-11-12-24(36-23,21(29)30)25(33,22(31)32)19(35-23)20(27)28/h4-8,15,18-19,33H,1,9-13H2,2-3H3,(H,27,28)(H,29,30)(H,31,32). The maximum atomic E-state index is 12.1. The number of aliphatic hydroxyl groups is 1. The van der Waals surface area contributed by atoms with Crippen LogP contribution in [0.3, 0.4) is 0 Å². The van der Waals surface area contributed by atoms with Crippen molar-refractivity contribution in [2.75, 3.05) is 0 Å². The topological polar surface area (TPSA) is 177 Å². The first-order valence-corrected chi connectivity index (χ1v) is 11.5. The van der Waals surface area contributed by atoms with Gasteiger partial charge in [-0.1, -0.05) is 43.8 Å². The lowest BCUT2D eigenvalue weighted by molar-refractivity contribution is -0.362. The average Bonchev–Trinajstić information content (AvgIpc) is 3.16. The van der Waals surface area contributed by atoms with Gasteiger partial charge in [-0.05, 0) is 30.4 Å². The summed E-state index contributed by atoms with van der Waals surface area (Å²) < 4.78 is 16.6. The molecule has 0 spiro atoms. The third-order valence-electron chi connectivity index (χ3n) is 6.88. The number of esters is 1. The lowest BCUT2D eigenvalue weighted by atomic mass is 9.76. The average molecular weight is 507 g/mol. The van der Waals surface area contributed by atoms with Gasteiger partial charge in [0.1, 0.15) is 6.10 Å². The highest BCUT2D eigenvalue weighted by Crippen LogP contribution is 2.54. The number of fused-ring (bicyclic) bond motifs is 2. The van der Waals surface area contributed by atoms with Crippen LogP contribution in [0, 0.1) is 5.92 Å². The van der Waals surface area contributed by atoms with E-state index in [0.717, 1.165) is 5.56 Å². The molecule has 4 N–H and O–H groups in total. The number of carboxylic acids is 3. The van der Waals surface area contributed by atoms with Crippen LogP contribution >= 0.6 is 0 Å². The Labute approximate surface area is 207 Å². The van der Waals surface area contributed by atoms with Crippen molar-refractivity contribution in [3.8, 4) is 0 Å². The van der Waals surface area contributed by atoms with Crippen LogP contribution in [0.2, 0.25) is 0 Å². The zero-order valence-electron chi connectivity index (χ0n) is 20.0. The molecule has 2 aliphatic rings. The molecule has 196 valence electrons. The molecule has 1 aromatic carbocycles. The minimum atomic E-state index is -3.36. The summed E-state index contributed by atoms with van der Waals surface area (Å²) in [4.78, 5) is 47.6. The minimum Gasteiger partial charge on any atom is -0.479 e. The summed E-state index contributed by atoms with van der Waals surface area (Å²) in [5, 5.41) is 39.8. The van der Waals surface area contributed by atoms with Gasteiger partial charge in [0.15, 0.2) is 5.79 Å². The summed E-state index contributed by atoms with van der Waals surface area (Å²) in [7, 11) is 0. The Morgan fingerprint density at radius 3 is 2.28 bits per heavy atom. The molecule has 3 rings (SSSR count). The van der Waals surface area contributed by atoms with Crippen LogP contribution in [0.4, 0.5) is 0 Å². The Hall–Kier alpha value is -3.28. The molecule has 2 fully saturated rings. The molecule has 6 unspecified atom stereocenters. The highest BCUT2D eigenvalue weighted by molar-refractivity contribution is 5.97.